The highest BCUT2D eigenvalue weighted by atomic mass is 32.2. The van der Waals surface area contributed by atoms with E-state index in [1.165, 1.54) is 16.4 Å². The molecule has 174 valence electrons. The van der Waals surface area contributed by atoms with Gasteiger partial charge in [-0.05, 0) is 32.0 Å². The molecule has 11 nitrogen and oxygen atoms in total. The topological polar surface area (TPSA) is 128 Å². The van der Waals surface area contributed by atoms with Crippen LogP contribution in [0.15, 0.2) is 34.3 Å². The monoisotopic (exact) mass is 465 g/mol. The molecule has 0 amide bonds. The lowest BCUT2D eigenvalue weighted by atomic mass is 10.2. The molecule has 12 heteroatoms. The van der Waals surface area contributed by atoms with Gasteiger partial charge in [0.05, 0.1) is 35.9 Å². The number of nitro groups is 1. The molecule has 1 aromatic carbocycles. The van der Waals surface area contributed by atoms with E-state index in [1.54, 1.807) is 13.3 Å². The Morgan fingerprint density at radius 1 is 1.28 bits per heavy atom. The zero-order valence-corrected chi connectivity index (χ0v) is 19.1. The fraction of sp³-hybridized carbons (Fsp3) is 0.450. The van der Waals surface area contributed by atoms with Crippen molar-refractivity contribution >= 4 is 27.6 Å². The standard InChI is InChI=1S/C20H27N5O6S/c1-15-12-17(16(2)24(15)8-9-30-3)14-21-22-19-5-4-18(13-20(19)25(26)27)32(28,29)23-6-10-31-11-7-23/h4-5,12-14,22H,6-11H2,1-3H3. The minimum absolute atomic E-state index is 0.0976. The highest BCUT2D eigenvalue weighted by Gasteiger charge is 2.28. The minimum Gasteiger partial charge on any atom is -0.383 e. The molecule has 1 aliphatic rings. The quantitative estimate of drug-likeness (QED) is 0.341. The minimum atomic E-state index is -3.84. The van der Waals surface area contributed by atoms with Crippen LogP contribution >= 0.6 is 0 Å². The summed E-state index contributed by atoms with van der Waals surface area (Å²) in [6, 6.07) is 5.71. The fourth-order valence-electron chi connectivity index (χ4n) is 3.51. The summed E-state index contributed by atoms with van der Waals surface area (Å²) < 4.78 is 39.3. The maximum Gasteiger partial charge on any atom is 0.295 e. The molecule has 0 radical (unpaired) electrons. The van der Waals surface area contributed by atoms with E-state index in [0.717, 1.165) is 23.0 Å². The predicted octanol–water partition coefficient (Wildman–Crippen LogP) is 2.13. The van der Waals surface area contributed by atoms with Crippen LogP contribution < -0.4 is 5.43 Å². The summed E-state index contributed by atoms with van der Waals surface area (Å²) in [5.41, 5.74) is 5.29. The normalized spacial score (nSPS) is 15.3. The summed E-state index contributed by atoms with van der Waals surface area (Å²) in [6.07, 6.45) is 1.58. The van der Waals surface area contributed by atoms with Crippen LogP contribution in [0, 0.1) is 24.0 Å². The van der Waals surface area contributed by atoms with Crippen LogP contribution in [-0.2, 0) is 26.0 Å². The molecule has 0 saturated carbocycles. The maximum absolute atomic E-state index is 12.8. The lowest BCUT2D eigenvalue weighted by molar-refractivity contribution is -0.384. The molecule has 1 aliphatic heterocycles. The highest BCUT2D eigenvalue weighted by molar-refractivity contribution is 7.89. The van der Waals surface area contributed by atoms with Crippen LogP contribution in [0.3, 0.4) is 0 Å². The first kappa shape index (κ1) is 23.9. The summed E-state index contributed by atoms with van der Waals surface area (Å²) >= 11 is 0. The summed E-state index contributed by atoms with van der Waals surface area (Å²) in [4.78, 5) is 10.8. The largest absolute Gasteiger partial charge is 0.383 e. The lowest BCUT2D eigenvalue weighted by Gasteiger charge is -2.26. The Morgan fingerprint density at radius 2 is 2.00 bits per heavy atom. The average molecular weight is 466 g/mol. The summed E-state index contributed by atoms with van der Waals surface area (Å²) in [5.74, 6) is 0. The number of nitro benzene ring substituents is 1. The molecule has 0 aliphatic carbocycles. The van der Waals surface area contributed by atoms with E-state index in [1.807, 2.05) is 19.9 Å². The molecular formula is C20H27N5O6S. The van der Waals surface area contributed by atoms with Gasteiger partial charge in [-0.15, -0.1) is 0 Å². The zero-order valence-electron chi connectivity index (χ0n) is 18.3. The number of hydrazone groups is 1. The van der Waals surface area contributed by atoms with Gasteiger partial charge in [-0.25, -0.2) is 8.42 Å². The van der Waals surface area contributed by atoms with E-state index >= 15 is 0 Å². The Labute approximate surface area is 186 Å². The molecule has 2 heterocycles. The third kappa shape index (κ3) is 5.15. The number of morpholine rings is 1. The van der Waals surface area contributed by atoms with Gasteiger partial charge >= 0.3 is 0 Å². The van der Waals surface area contributed by atoms with Gasteiger partial charge in [0.1, 0.15) is 5.69 Å². The molecule has 2 aromatic rings. The predicted molar refractivity (Wildman–Crippen MR) is 120 cm³/mol. The Bertz CT molecular complexity index is 1110. The van der Waals surface area contributed by atoms with E-state index in [2.05, 4.69) is 15.1 Å². The van der Waals surface area contributed by atoms with Crippen LogP contribution in [0.5, 0.6) is 0 Å². The fourth-order valence-corrected chi connectivity index (χ4v) is 4.94. The highest BCUT2D eigenvalue weighted by Crippen LogP contribution is 2.29. The second kappa shape index (κ2) is 10.2. The van der Waals surface area contributed by atoms with Gasteiger partial charge in [-0.1, -0.05) is 0 Å². The lowest BCUT2D eigenvalue weighted by Crippen LogP contribution is -2.40. The van der Waals surface area contributed by atoms with E-state index in [9.17, 15) is 18.5 Å². The van der Waals surface area contributed by atoms with Gasteiger partial charge in [-0.2, -0.15) is 9.41 Å². The van der Waals surface area contributed by atoms with Crippen LogP contribution in [0.4, 0.5) is 11.4 Å². The Kier molecular flexibility index (Phi) is 7.61. The van der Waals surface area contributed by atoms with Crippen molar-refractivity contribution in [3.05, 3.63) is 51.3 Å². The first-order valence-corrected chi connectivity index (χ1v) is 11.5. The molecular weight excluding hydrogens is 438 g/mol. The third-order valence-electron chi connectivity index (χ3n) is 5.29. The van der Waals surface area contributed by atoms with Crippen LogP contribution in [-0.4, -0.2) is 68.4 Å². The molecule has 1 saturated heterocycles. The van der Waals surface area contributed by atoms with Gasteiger partial charge in [0.25, 0.3) is 5.69 Å². The number of rotatable bonds is 9. The van der Waals surface area contributed by atoms with Gasteiger partial charge in [0, 0.05) is 49.8 Å². The van der Waals surface area contributed by atoms with Gasteiger partial charge in [0.15, 0.2) is 0 Å². The molecule has 0 bridgehead atoms. The molecule has 1 N–H and O–H groups in total. The van der Waals surface area contributed by atoms with E-state index in [4.69, 9.17) is 9.47 Å². The first-order chi connectivity index (χ1) is 15.3. The zero-order chi connectivity index (χ0) is 23.3. The van der Waals surface area contributed by atoms with E-state index in [0.29, 0.717) is 26.4 Å². The maximum atomic E-state index is 12.8. The summed E-state index contributed by atoms with van der Waals surface area (Å²) in [7, 11) is -2.20. The Hall–Kier alpha value is -2.80. The number of benzene rings is 1. The second-order valence-corrected chi connectivity index (χ2v) is 9.23. The number of aromatic nitrogens is 1. The second-order valence-electron chi connectivity index (χ2n) is 7.29. The molecule has 0 atom stereocenters. The van der Waals surface area contributed by atoms with Gasteiger partial charge in [-0.3, -0.25) is 15.5 Å². The van der Waals surface area contributed by atoms with Crippen molar-refractivity contribution in [2.45, 2.75) is 25.3 Å². The number of anilines is 1. The molecule has 32 heavy (non-hydrogen) atoms. The summed E-state index contributed by atoms with van der Waals surface area (Å²) in [5, 5.41) is 15.7. The average Bonchev–Trinajstić information content (AvgIpc) is 3.05. The van der Waals surface area contributed by atoms with Crippen molar-refractivity contribution in [1.82, 2.24) is 8.87 Å². The van der Waals surface area contributed by atoms with Gasteiger partial charge < -0.3 is 14.0 Å². The Morgan fingerprint density at radius 3 is 2.66 bits per heavy atom. The van der Waals surface area contributed by atoms with Crippen molar-refractivity contribution < 1.29 is 22.8 Å². The van der Waals surface area contributed by atoms with E-state index in [-0.39, 0.29) is 29.4 Å². The van der Waals surface area contributed by atoms with Crippen molar-refractivity contribution in [3.8, 4) is 0 Å². The van der Waals surface area contributed by atoms with Crippen molar-refractivity contribution in [2.75, 3.05) is 45.4 Å². The molecule has 1 fully saturated rings. The number of methoxy groups -OCH3 is 1. The number of aryl methyl sites for hydroxylation is 1. The summed E-state index contributed by atoms with van der Waals surface area (Å²) in [6.45, 7) is 6.23. The smallest absolute Gasteiger partial charge is 0.295 e. The van der Waals surface area contributed by atoms with Crippen LogP contribution in [0.2, 0.25) is 0 Å². The van der Waals surface area contributed by atoms with Crippen molar-refractivity contribution in [1.29, 1.82) is 0 Å². The number of nitrogens with zero attached hydrogens (tertiary/aromatic N) is 4. The number of sulfonamides is 1. The van der Waals surface area contributed by atoms with Crippen LogP contribution in [0.25, 0.3) is 0 Å². The first-order valence-electron chi connectivity index (χ1n) is 10.1. The van der Waals surface area contributed by atoms with E-state index < -0.39 is 14.9 Å². The molecule has 1 aromatic heterocycles. The van der Waals surface area contributed by atoms with Crippen molar-refractivity contribution in [2.24, 2.45) is 5.10 Å². The third-order valence-corrected chi connectivity index (χ3v) is 7.19. The molecule has 3 rings (SSSR count). The van der Waals surface area contributed by atoms with Crippen molar-refractivity contribution in [3.63, 3.8) is 0 Å². The number of hydrogen-bond acceptors (Lipinski definition) is 8. The van der Waals surface area contributed by atoms with Crippen LogP contribution in [0.1, 0.15) is 17.0 Å². The number of nitrogens with one attached hydrogen (secondary N) is 1. The molecule has 0 unspecified atom stereocenters. The SMILES string of the molecule is COCCn1c(C)cc(C=NNc2ccc(S(=O)(=O)N3CCOCC3)cc2[N+](=O)[O-])c1C. The van der Waals surface area contributed by atoms with Gasteiger partial charge in [0.2, 0.25) is 10.0 Å². The number of hydrogen-bond donors (Lipinski definition) is 1. The number of ether oxygens (including phenoxy) is 2. The molecule has 0 spiro atoms. The Balaban J connectivity index is 1.81.